The van der Waals surface area contributed by atoms with Gasteiger partial charge in [-0.1, -0.05) is 58.3 Å². The normalized spacial score (nSPS) is 12.0. The summed E-state index contributed by atoms with van der Waals surface area (Å²) in [7, 11) is 8.43. The maximum Gasteiger partial charge on any atom is 0.0541 e. The highest BCUT2D eigenvalue weighted by atomic mass is 15.3. The zero-order valence-electron chi connectivity index (χ0n) is 11.9. The van der Waals surface area contributed by atoms with E-state index in [1.807, 2.05) is 0 Å². The van der Waals surface area contributed by atoms with Gasteiger partial charge < -0.3 is 4.48 Å². The minimum Gasteiger partial charge on any atom is -0.462 e. The number of rotatable bonds is 11. The highest BCUT2D eigenvalue weighted by molar-refractivity contribution is 4.47. The van der Waals surface area contributed by atoms with E-state index in [2.05, 4.69) is 28.1 Å². The minimum absolute atomic E-state index is 0.872. The quantitative estimate of drug-likeness (QED) is 0.271. The molecule has 0 aliphatic rings. The van der Waals surface area contributed by atoms with Crippen molar-refractivity contribution in [3.63, 3.8) is 0 Å². The standard InChI is InChI=1S/C15H33N/c1-5-6-7-8-9-10-11-12-13-14-15-16(2,3)4/h2,5-15H2,1,3-4H3. The lowest BCUT2D eigenvalue weighted by Gasteiger charge is -2.32. The van der Waals surface area contributed by atoms with Gasteiger partial charge in [-0.05, 0) is 12.8 Å². The lowest BCUT2D eigenvalue weighted by atomic mass is 10.1. The molecule has 98 valence electrons. The fourth-order valence-electron chi connectivity index (χ4n) is 2.03. The average molecular weight is 227 g/mol. The Morgan fingerprint density at radius 2 is 1.06 bits per heavy atom. The molecular weight excluding hydrogens is 194 g/mol. The van der Waals surface area contributed by atoms with Crippen molar-refractivity contribution in [2.75, 3.05) is 20.6 Å². The van der Waals surface area contributed by atoms with Gasteiger partial charge >= 0.3 is 0 Å². The van der Waals surface area contributed by atoms with E-state index in [9.17, 15) is 0 Å². The Morgan fingerprint density at radius 1 is 0.688 bits per heavy atom. The van der Waals surface area contributed by atoms with Crippen LogP contribution < -0.4 is 0 Å². The Balaban J connectivity index is 2.99. The molecule has 0 atom stereocenters. The van der Waals surface area contributed by atoms with Gasteiger partial charge in [0.1, 0.15) is 0 Å². The van der Waals surface area contributed by atoms with Crippen molar-refractivity contribution in [1.29, 1.82) is 0 Å². The number of unbranched alkanes of at least 4 members (excludes halogenated alkanes) is 9. The zero-order chi connectivity index (χ0) is 12.3. The third kappa shape index (κ3) is 14.0. The Kier molecular flexibility index (Phi) is 10.1. The topological polar surface area (TPSA) is 0 Å². The fourth-order valence-corrected chi connectivity index (χ4v) is 2.03. The Hall–Kier alpha value is -0.0400. The summed E-state index contributed by atoms with van der Waals surface area (Å²) in [6.07, 6.45) is 14.2. The second kappa shape index (κ2) is 10.1. The molecule has 0 aliphatic heterocycles. The van der Waals surface area contributed by atoms with Crippen LogP contribution in [0.5, 0.6) is 0 Å². The summed E-state index contributed by atoms with van der Waals surface area (Å²) in [6, 6.07) is 0. The van der Waals surface area contributed by atoms with Crippen molar-refractivity contribution < 1.29 is 4.48 Å². The van der Waals surface area contributed by atoms with Gasteiger partial charge in [-0.3, -0.25) is 0 Å². The maximum atomic E-state index is 4.08. The molecule has 16 heavy (non-hydrogen) atoms. The van der Waals surface area contributed by atoms with E-state index in [-0.39, 0.29) is 0 Å². The van der Waals surface area contributed by atoms with E-state index < -0.39 is 0 Å². The van der Waals surface area contributed by atoms with Crippen LogP contribution in [-0.2, 0) is 0 Å². The van der Waals surface area contributed by atoms with Gasteiger partial charge in [0.25, 0.3) is 0 Å². The van der Waals surface area contributed by atoms with Crippen molar-refractivity contribution in [3.05, 3.63) is 7.05 Å². The largest absolute Gasteiger partial charge is 0.462 e. The molecule has 0 heterocycles. The van der Waals surface area contributed by atoms with E-state index in [0.717, 1.165) is 4.48 Å². The predicted octanol–water partition coefficient (Wildman–Crippen LogP) is 4.78. The smallest absolute Gasteiger partial charge is 0.0541 e. The monoisotopic (exact) mass is 227 g/mol. The summed E-state index contributed by atoms with van der Waals surface area (Å²) in [4.78, 5) is 0. The Morgan fingerprint density at radius 3 is 1.44 bits per heavy atom. The first-order chi connectivity index (χ1) is 7.56. The Bertz CT molecular complexity index is 135. The van der Waals surface area contributed by atoms with Gasteiger partial charge in [-0.25, -0.2) is 0 Å². The number of hydrogen-bond acceptors (Lipinski definition) is 0. The van der Waals surface area contributed by atoms with Crippen molar-refractivity contribution in [3.8, 4) is 0 Å². The van der Waals surface area contributed by atoms with Crippen molar-refractivity contribution in [2.45, 2.75) is 71.1 Å². The van der Waals surface area contributed by atoms with Crippen LogP contribution in [0.3, 0.4) is 0 Å². The molecule has 0 bridgehead atoms. The van der Waals surface area contributed by atoms with Crippen LogP contribution >= 0.6 is 0 Å². The summed E-state index contributed by atoms with van der Waals surface area (Å²) in [6.45, 7) is 3.50. The van der Waals surface area contributed by atoms with Gasteiger partial charge in [-0.2, -0.15) is 0 Å². The molecule has 0 N–H and O–H groups in total. The van der Waals surface area contributed by atoms with Crippen LogP contribution in [0.2, 0.25) is 0 Å². The number of hydrogen-bond donors (Lipinski definition) is 0. The molecule has 1 nitrogen and oxygen atoms in total. The SMILES string of the molecule is [CH2-][N+](C)(C)CCCCCCCCCCCC. The van der Waals surface area contributed by atoms with Crippen LogP contribution in [0.15, 0.2) is 0 Å². The van der Waals surface area contributed by atoms with Gasteiger partial charge in [0.05, 0.1) is 6.54 Å². The number of quaternary nitrogens is 1. The van der Waals surface area contributed by atoms with Crippen LogP contribution in [0.1, 0.15) is 71.1 Å². The molecule has 0 aromatic heterocycles. The van der Waals surface area contributed by atoms with Gasteiger partial charge in [0.15, 0.2) is 0 Å². The van der Waals surface area contributed by atoms with Gasteiger partial charge in [-0.15, -0.1) is 7.05 Å². The highest BCUT2D eigenvalue weighted by Gasteiger charge is 1.99. The highest BCUT2D eigenvalue weighted by Crippen LogP contribution is 2.11. The summed E-state index contributed by atoms with van der Waals surface area (Å²) < 4.78 is 0.872. The third-order valence-corrected chi connectivity index (χ3v) is 3.12. The van der Waals surface area contributed by atoms with Crippen molar-refractivity contribution >= 4 is 0 Å². The fraction of sp³-hybridized carbons (Fsp3) is 0.933. The molecule has 0 amide bonds. The molecule has 0 saturated carbocycles. The van der Waals surface area contributed by atoms with Crippen LogP contribution in [0.4, 0.5) is 0 Å². The van der Waals surface area contributed by atoms with Crippen LogP contribution in [-0.4, -0.2) is 25.1 Å². The second-order valence-corrected chi connectivity index (χ2v) is 5.84. The van der Waals surface area contributed by atoms with Crippen molar-refractivity contribution in [2.24, 2.45) is 0 Å². The van der Waals surface area contributed by atoms with Gasteiger partial charge in [0.2, 0.25) is 0 Å². The van der Waals surface area contributed by atoms with E-state index in [0.29, 0.717) is 0 Å². The molecule has 0 rings (SSSR count). The molecule has 0 aromatic carbocycles. The van der Waals surface area contributed by atoms with Crippen molar-refractivity contribution in [1.82, 2.24) is 0 Å². The Labute approximate surface area is 104 Å². The summed E-state index contributed by atoms with van der Waals surface area (Å²) >= 11 is 0. The first kappa shape index (κ1) is 16.0. The second-order valence-electron chi connectivity index (χ2n) is 5.84. The zero-order valence-corrected chi connectivity index (χ0v) is 11.9. The number of nitrogens with zero attached hydrogens (tertiary/aromatic N) is 1. The van der Waals surface area contributed by atoms with E-state index in [4.69, 9.17) is 0 Å². The molecular formula is C15H33N. The molecule has 1 heteroatoms. The third-order valence-electron chi connectivity index (χ3n) is 3.12. The summed E-state index contributed by atoms with van der Waals surface area (Å²) in [5, 5.41) is 0. The summed E-state index contributed by atoms with van der Waals surface area (Å²) in [5.74, 6) is 0. The minimum atomic E-state index is 0.872. The van der Waals surface area contributed by atoms with Crippen LogP contribution in [0, 0.1) is 7.05 Å². The van der Waals surface area contributed by atoms with Gasteiger partial charge in [0, 0.05) is 14.1 Å². The maximum absolute atomic E-state index is 4.08. The van der Waals surface area contributed by atoms with E-state index in [1.165, 1.54) is 70.8 Å². The lowest BCUT2D eigenvalue weighted by molar-refractivity contribution is -0.845. The summed E-state index contributed by atoms with van der Waals surface area (Å²) in [5.41, 5.74) is 0. The molecule has 0 radical (unpaired) electrons. The lowest BCUT2D eigenvalue weighted by Crippen LogP contribution is -2.32. The molecule has 0 aliphatic carbocycles. The molecule has 0 saturated heterocycles. The van der Waals surface area contributed by atoms with E-state index >= 15 is 0 Å². The molecule has 0 aromatic rings. The molecule has 0 fully saturated rings. The average Bonchev–Trinajstić information content (AvgIpc) is 2.19. The van der Waals surface area contributed by atoms with Crippen LogP contribution in [0.25, 0.3) is 0 Å². The first-order valence-electron chi connectivity index (χ1n) is 7.23. The predicted molar refractivity (Wildman–Crippen MR) is 74.2 cm³/mol. The molecule has 0 spiro atoms. The van der Waals surface area contributed by atoms with E-state index in [1.54, 1.807) is 0 Å². The molecule has 0 unspecified atom stereocenters. The first-order valence-corrected chi connectivity index (χ1v) is 7.23.